The molecule has 0 aromatic heterocycles. The average Bonchev–Trinajstić information content (AvgIpc) is 2.26. The van der Waals surface area contributed by atoms with Crippen LogP contribution in [-0.2, 0) is 11.3 Å². The van der Waals surface area contributed by atoms with Crippen LogP contribution in [0.25, 0.3) is 0 Å². The molecule has 0 unspecified atom stereocenters. The summed E-state index contributed by atoms with van der Waals surface area (Å²) < 4.78 is 5.48. The summed E-state index contributed by atoms with van der Waals surface area (Å²) in [6.07, 6.45) is 0. The minimum absolute atomic E-state index is 0.00694. The third kappa shape index (κ3) is 2.92. The van der Waals surface area contributed by atoms with Gasteiger partial charge in [-0.25, -0.2) is 0 Å². The first-order valence-electron chi connectivity index (χ1n) is 5.79. The Labute approximate surface area is 107 Å². The van der Waals surface area contributed by atoms with E-state index in [9.17, 15) is 5.11 Å². The predicted molar refractivity (Wildman–Crippen MR) is 68.4 cm³/mol. The zero-order chi connectivity index (χ0) is 12.5. The van der Waals surface area contributed by atoms with Crippen molar-refractivity contribution in [2.75, 3.05) is 19.8 Å². The summed E-state index contributed by atoms with van der Waals surface area (Å²) in [5.41, 5.74) is 0.861. The maximum Gasteiger partial charge on any atom is 0.120 e. The normalized spacial score (nSPS) is 20.4. The summed E-state index contributed by atoms with van der Waals surface area (Å²) in [5, 5.41) is 10.5. The molecule has 0 saturated carbocycles. The molecule has 1 N–H and O–H groups in total. The van der Waals surface area contributed by atoms with Crippen LogP contribution in [0.15, 0.2) is 18.2 Å². The lowest BCUT2D eigenvalue weighted by atomic mass is 10.0. The van der Waals surface area contributed by atoms with E-state index in [1.165, 1.54) is 0 Å². The van der Waals surface area contributed by atoms with Gasteiger partial charge in [-0.3, -0.25) is 4.90 Å². The zero-order valence-corrected chi connectivity index (χ0v) is 11.0. The van der Waals surface area contributed by atoms with Gasteiger partial charge >= 0.3 is 0 Å². The van der Waals surface area contributed by atoms with Crippen LogP contribution in [0.5, 0.6) is 5.75 Å². The first-order valence-corrected chi connectivity index (χ1v) is 6.17. The number of ether oxygens (including phenoxy) is 1. The van der Waals surface area contributed by atoms with E-state index >= 15 is 0 Å². The quantitative estimate of drug-likeness (QED) is 0.882. The number of aromatic hydroxyl groups is 1. The second-order valence-electron chi connectivity index (χ2n) is 5.06. The van der Waals surface area contributed by atoms with Gasteiger partial charge in [-0.2, -0.15) is 0 Å². The van der Waals surface area contributed by atoms with Crippen molar-refractivity contribution in [3.8, 4) is 5.75 Å². The van der Waals surface area contributed by atoms with Crippen molar-refractivity contribution in [3.05, 3.63) is 28.8 Å². The van der Waals surface area contributed by atoms with Gasteiger partial charge in [-0.05, 0) is 32.0 Å². The molecule has 0 amide bonds. The van der Waals surface area contributed by atoms with Gasteiger partial charge in [0.15, 0.2) is 0 Å². The van der Waals surface area contributed by atoms with Crippen LogP contribution >= 0.6 is 11.6 Å². The zero-order valence-electron chi connectivity index (χ0n) is 10.2. The molecule has 0 spiro atoms. The highest BCUT2D eigenvalue weighted by molar-refractivity contribution is 6.30. The number of nitrogens with zero attached hydrogens (tertiary/aromatic N) is 1. The number of morpholine rings is 1. The number of halogens is 1. The fraction of sp³-hybridized carbons (Fsp3) is 0.538. The van der Waals surface area contributed by atoms with Crippen LogP contribution in [-0.4, -0.2) is 35.3 Å². The summed E-state index contributed by atoms with van der Waals surface area (Å²) >= 11 is 5.95. The van der Waals surface area contributed by atoms with Crippen LogP contribution in [0, 0.1) is 0 Å². The molecule has 2 rings (SSSR count). The molecule has 3 nitrogen and oxygen atoms in total. The van der Waals surface area contributed by atoms with E-state index in [1.54, 1.807) is 12.1 Å². The van der Waals surface area contributed by atoms with Gasteiger partial charge in [-0.15, -0.1) is 0 Å². The lowest BCUT2D eigenvalue weighted by Crippen LogP contribution is -2.52. The van der Waals surface area contributed by atoms with Crippen molar-refractivity contribution in [1.82, 2.24) is 4.90 Å². The van der Waals surface area contributed by atoms with E-state index in [0.29, 0.717) is 23.9 Å². The Morgan fingerprint density at radius 3 is 2.94 bits per heavy atom. The lowest BCUT2D eigenvalue weighted by Gasteiger charge is -2.42. The SMILES string of the molecule is CC1(C)COCCN1Cc1cc(Cl)ccc1O. The monoisotopic (exact) mass is 255 g/mol. The molecule has 1 aromatic rings. The van der Waals surface area contributed by atoms with Gasteiger partial charge < -0.3 is 9.84 Å². The van der Waals surface area contributed by atoms with Crippen LogP contribution in [0.3, 0.4) is 0 Å². The van der Waals surface area contributed by atoms with Crippen molar-refractivity contribution in [3.63, 3.8) is 0 Å². The van der Waals surface area contributed by atoms with Crippen molar-refractivity contribution in [2.45, 2.75) is 25.9 Å². The smallest absolute Gasteiger partial charge is 0.120 e. The molecule has 4 heteroatoms. The first kappa shape index (κ1) is 12.7. The highest BCUT2D eigenvalue weighted by atomic mass is 35.5. The lowest BCUT2D eigenvalue weighted by molar-refractivity contribution is -0.0554. The van der Waals surface area contributed by atoms with Gasteiger partial charge in [0.1, 0.15) is 5.75 Å². The second kappa shape index (κ2) is 4.84. The van der Waals surface area contributed by atoms with Crippen LogP contribution in [0.4, 0.5) is 0 Å². The first-order chi connectivity index (χ1) is 7.99. The Morgan fingerprint density at radius 1 is 1.47 bits per heavy atom. The van der Waals surface area contributed by atoms with E-state index in [-0.39, 0.29) is 5.54 Å². The summed E-state index contributed by atoms with van der Waals surface area (Å²) in [6, 6.07) is 5.17. The van der Waals surface area contributed by atoms with Gasteiger partial charge in [0, 0.05) is 29.2 Å². The van der Waals surface area contributed by atoms with E-state index in [2.05, 4.69) is 18.7 Å². The highest BCUT2D eigenvalue weighted by Gasteiger charge is 2.30. The molecular weight excluding hydrogens is 238 g/mol. The maximum absolute atomic E-state index is 9.82. The molecule has 0 bridgehead atoms. The summed E-state index contributed by atoms with van der Waals surface area (Å²) in [7, 11) is 0. The van der Waals surface area contributed by atoms with Crippen LogP contribution in [0.2, 0.25) is 5.02 Å². The van der Waals surface area contributed by atoms with E-state index < -0.39 is 0 Å². The molecule has 1 fully saturated rings. The predicted octanol–water partition coefficient (Wildman–Crippen LogP) is 2.66. The number of hydrogen-bond donors (Lipinski definition) is 1. The van der Waals surface area contributed by atoms with Gasteiger partial charge in [0.2, 0.25) is 0 Å². The Bertz CT molecular complexity index is 406. The van der Waals surface area contributed by atoms with Crippen molar-refractivity contribution in [2.24, 2.45) is 0 Å². The second-order valence-corrected chi connectivity index (χ2v) is 5.50. The number of phenolic OH excluding ortho intramolecular Hbond substituents is 1. The van der Waals surface area contributed by atoms with Crippen molar-refractivity contribution in [1.29, 1.82) is 0 Å². The minimum Gasteiger partial charge on any atom is -0.508 e. The number of rotatable bonds is 2. The largest absolute Gasteiger partial charge is 0.508 e. The molecule has 1 aromatic carbocycles. The molecule has 1 heterocycles. The third-order valence-corrected chi connectivity index (χ3v) is 3.45. The van der Waals surface area contributed by atoms with Gasteiger partial charge in [0.25, 0.3) is 0 Å². The molecule has 94 valence electrons. The van der Waals surface area contributed by atoms with Crippen LogP contribution < -0.4 is 0 Å². The molecular formula is C13H18ClNO2. The average molecular weight is 256 g/mol. The molecule has 1 saturated heterocycles. The standard InChI is InChI=1S/C13H18ClNO2/c1-13(2)9-17-6-5-15(13)8-10-7-11(14)3-4-12(10)16/h3-4,7,16H,5-6,8-9H2,1-2H3. The van der Waals surface area contributed by atoms with Crippen molar-refractivity contribution < 1.29 is 9.84 Å². The Hall–Kier alpha value is -0.770. The topological polar surface area (TPSA) is 32.7 Å². The number of phenols is 1. The fourth-order valence-electron chi connectivity index (χ4n) is 2.07. The van der Waals surface area contributed by atoms with Crippen LogP contribution in [0.1, 0.15) is 19.4 Å². The summed E-state index contributed by atoms with van der Waals surface area (Å²) in [5.74, 6) is 0.302. The Balaban J connectivity index is 2.16. The number of hydrogen-bond acceptors (Lipinski definition) is 3. The van der Waals surface area contributed by atoms with E-state index in [4.69, 9.17) is 16.3 Å². The van der Waals surface area contributed by atoms with E-state index in [0.717, 1.165) is 18.7 Å². The Kier molecular flexibility index (Phi) is 3.61. The Morgan fingerprint density at radius 2 is 2.24 bits per heavy atom. The third-order valence-electron chi connectivity index (χ3n) is 3.22. The molecule has 1 aliphatic heterocycles. The molecule has 17 heavy (non-hydrogen) atoms. The molecule has 0 atom stereocenters. The minimum atomic E-state index is -0.00694. The van der Waals surface area contributed by atoms with Gasteiger partial charge in [-0.1, -0.05) is 11.6 Å². The highest BCUT2D eigenvalue weighted by Crippen LogP contribution is 2.27. The molecule has 1 aliphatic rings. The van der Waals surface area contributed by atoms with E-state index in [1.807, 2.05) is 6.07 Å². The summed E-state index contributed by atoms with van der Waals surface area (Å²) in [6.45, 7) is 7.32. The molecule has 0 aliphatic carbocycles. The fourth-order valence-corrected chi connectivity index (χ4v) is 2.26. The number of benzene rings is 1. The van der Waals surface area contributed by atoms with Gasteiger partial charge in [0.05, 0.1) is 13.2 Å². The summed E-state index contributed by atoms with van der Waals surface area (Å²) in [4.78, 5) is 2.31. The van der Waals surface area contributed by atoms with Crippen molar-refractivity contribution >= 4 is 11.6 Å². The maximum atomic E-state index is 9.82. The molecule has 0 radical (unpaired) electrons.